The van der Waals surface area contributed by atoms with Gasteiger partial charge in [-0.3, -0.25) is 4.79 Å². The number of hydrogen-bond donors (Lipinski definition) is 1. The molecule has 1 N–H and O–H groups in total. The Morgan fingerprint density at radius 2 is 1.81 bits per heavy atom. The molecular formula is C28H46N2O. The molecule has 1 saturated carbocycles. The Balaban J connectivity index is 1.40. The molecule has 31 heavy (non-hydrogen) atoms. The van der Waals surface area contributed by atoms with E-state index in [0.29, 0.717) is 11.3 Å². The molecule has 1 amide bonds. The van der Waals surface area contributed by atoms with Gasteiger partial charge in [0.2, 0.25) is 5.91 Å². The van der Waals surface area contributed by atoms with Crippen LogP contribution in [-0.2, 0) is 4.79 Å². The summed E-state index contributed by atoms with van der Waals surface area (Å²) < 4.78 is 0. The largest absolute Gasteiger partial charge is 0.356 e. The molecule has 3 heteroatoms. The van der Waals surface area contributed by atoms with Crippen LogP contribution >= 0.6 is 0 Å². The predicted octanol–water partition coefficient (Wildman–Crippen LogP) is 6.40. The van der Waals surface area contributed by atoms with Crippen LogP contribution in [0, 0.1) is 17.3 Å². The van der Waals surface area contributed by atoms with Gasteiger partial charge < -0.3 is 10.2 Å². The Morgan fingerprint density at radius 3 is 2.55 bits per heavy atom. The van der Waals surface area contributed by atoms with Crippen molar-refractivity contribution in [3.63, 3.8) is 0 Å². The van der Waals surface area contributed by atoms with Crippen LogP contribution in [0.4, 0.5) is 0 Å². The van der Waals surface area contributed by atoms with Crippen LogP contribution in [0.15, 0.2) is 30.3 Å². The number of rotatable bonds is 9. The van der Waals surface area contributed by atoms with E-state index < -0.39 is 0 Å². The van der Waals surface area contributed by atoms with Crippen molar-refractivity contribution >= 4 is 5.91 Å². The minimum absolute atomic E-state index is 0.0304. The molecule has 1 aliphatic heterocycles. The second-order valence-electron chi connectivity index (χ2n) is 11.2. The fourth-order valence-corrected chi connectivity index (χ4v) is 6.11. The normalized spacial score (nSPS) is 23.8. The number of nitrogens with zero attached hydrogens (tertiary/aromatic N) is 1. The first kappa shape index (κ1) is 24.3. The molecule has 1 saturated heterocycles. The molecule has 2 aliphatic rings. The Labute approximate surface area is 191 Å². The van der Waals surface area contributed by atoms with Gasteiger partial charge in [0.1, 0.15) is 0 Å². The van der Waals surface area contributed by atoms with Crippen molar-refractivity contribution in [1.82, 2.24) is 10.2 Å². The van der Waals surface area contributed by atoms with E-state index in [9.17, 15) is 4.79 Å². The average Bonchev–Trinajstić information content (AvgIpc) is 2.88. The second kappa shape index (κ2) is 12.0. The van der Waals surface area contributed by atoms with Crippen LogP contribution in [0.25, 0.3) is 0 Å². The zero-order valence-electron chi connectivity index (χ0n) is 20.4. The van der Waals surface area contributed by atoms with Crippen molar-refractivity contribution in [2.24, 2.45) is 17.3 Å². The minimum Gasteiger partial charge on any atom is -0.356 e. The highest BCUT2D eigenvalue weighted by atomic mass is 16.1. The Hall–Kier alpha value is -1.35. The molecule has 3 nitrogen and oxygen atoms in total. The van der Waals surface area contributed by atoms with Crippen molar-refractivity contribution in [1.29, 1.82) is 0 Å². The molecular weight excluding hydrogens is 380 g/mol. The molecule has 2 unspecified atom stereocenters. The SMILES string of the molecule is CC1CCN(CCCCCNC(=O)C(c2ccccc2)C2CCCCC2)CC(C)(C)C1. The number of hydrogen-bond acceptors (Lipinski definition) is 2. The lowest BCUT2D eigenvalue weighted by atomic mass is 9.76. The minimum atomic E-state index is 0.0304. The molecule has 0 bridgehead atoms. The second-order valence-corrected chi connectivity index (χ2v) is 11.2. The van der Waals surface area contributed by atoms with Gasteiger partial charge in [-0.05, 0) is 74.4 Å². The first-order chi connectivity index (χ1) is 14.9. The number of benzene rings is 1. The topological polar surface area (TPSA) is 32.3 Å². The van der Waals surface area contributed by atoms with Crippen LogP contribution in [-0.4, -0.2) is 37.0 Å². The van der Waals surface area contributed by atoms with Crippen LogP contribution in [0.3, 0.4) is 0 Å². The summed E-state index contributed by atoms with van der Waals surface area (Å²) in [6, 6.07) is 10.5. The maximum Gasteiger partial charge on any atom is 0.227 e. The molecule has 0 aromatic heterocycles. The molecule has 2 atom stereocenters. The number of likely N-dealkylation sites (tertiary alicyclic amines) is 1. The summed E-state index contributed by atoms with van der Waals surface area (Å²) in [4.78, 5) is 15.8. The fraction of sp³-hybridized carbons (Fsp3) is 0.750. The number of unbranched alkanes of at least 4 members (excludes halogenated alkanes) is 2. The number of carbonyl (C=O) groups excluding carboxylic acids is 1. The van der Waals surface area contributed by atoms with Gasteiger partial charge in [0, 0.05) is 13.1 Å². The van der Waals surface area contributed by atoms with Gasteiger partial charge in [-0.15, -0.1) is 0 Å². The average molecular weight is 427 g/mol. The monoisotopic (exact) mass is 426 g/mol. The highest BCUT2D eigenvalue weighted by molar-refractivity contribution is 5.84. The number of amides is 1. The summed E-state index contributed by atoms with van der Waals surface area (Å²) >= 11 is 0. The van der Waals surface area contributed by atoms with Crippen molar-refractivity contribution in [2.45, 2.75) is 90.9 Å². The number of nitrogens with one attached hydrogen (secondary N) is 1. The van der Waals surface area contributed by atoms with Crippen LogP contribution in [0.5, 0.6) is 0 Å². The predicted molar refractivity (Wildman–Crippen MR) is 131 cm³/mol. The third kappa shape index (κ3) is 7.93. The Bertz CT molecular complexity index is 650. The van der Waals surface area contributed by atoms with Gasteiger partial charge in [0.15, 0.2) is 0 Å². The molecule has 1 aromatic carbocycles. The lowest BCUT2D eigenvalue weighted by molar-refractivity contribution is -0.124. The number of carbonyl (C=O) groups is 1. The van der Waals surface area contributed by atoms with Crippen molar-refractivity contribution < 1.29 is 4.79 Å². The van der Waals surface area contributed by atoms with Gasteiger partial charge in [-0.1, -0.05) is 76.8 Å². The molecule has 1 heterocycles. The van der Waals surface area contributed by atoms with Crippen LogP contribution in [0.2, 0.25) is 0 Å². The van der Waals surface area contributed by atoms with Gasteiger partial charge >= 0.3 is 0 Å². The van der Waals surface area contributed by atoms with E-state index in [1.165, 1.54) is 83.0 Å². The van der Waals surface area contributed by atoms with E-state index in [1.807, 2.05) is 6.07 Å². The quantitative estimate of drug-likeness (QED) is 0.464. The van der Waals surface area contributed by atoms with E-state index in [-0.39, 0.29) is 11.8 Å². The van der Waals surface area contributed by atoms with E-state index in [2.05, 4.69) is 55.3 Å². The molecule has 174 valence electrons. The fourth-order valence-electron chi connectivity index (χ4n) is 6.11. The summed E-state index contributed by atoms with van der Waals surface area (Å²) in [6.07, 6.45) is 12.5. The molecule has 2 fully saturated rings. The summed E-state index contributed by atoms with van der Waals surface area (Å²) in [5, 5.41) is 3.29. The Kier molecular flexibility index (Phi) is 9.44. The molecule has 0 spiro atoms. The van der Waals surface area contributed by atoms with E-state index in [1.54, 1.807) is 0 Å². The van der Waals surface area contributed by atoms with E-state index in [0.717, 1.165) is 18.9 Å². The summed E-state index contributed by atoms with van der Waals surface area (Å²) in [7, 11) is 0. The zero-order chi connectivity index (χ0) is 22.1. The third-order valence-electron chi connectivity index (χ3n) is 7.50. The smallest absolute Gasteiger partial charge is 0.227 e. The standard InChI is InChI=1S/C28H46N2O/c1-23-17-20-30(22-28(2,3)21-23)19-12-6-11-18-29-27(31)26(24-13-7-4-8-14-24)25-15-9-5-10-16-25/h4,7-8,13-14,23,25-26H,5-6,9-12,15-22H2,1-3H3,(H,29,31). The van der Waals surface area contributed by atoms with Gasteiger partial charge in [0.05, 0.1) is 5.92 Å². The van der Waals surface area contributed by atoms with Gasteiger partial charge in [0.25, 0.3) is 0 Å². The zero-order valence-corrected chi connectivity index (χ0v) is 20.4. The van der Waals surface area contributed by atoms with E-state index >= 15 is 0 Å². The highest BCUT2D eigenvalue weighted by Crippen LogP contribution is 2.36. The maximum atomic E-state index is 13.1. The molecule has 0 radical (unpaired) electrons. The molecule has 3 rings (SSSR count). The van der Waals surface area contributed by atoms with Crippen molar-refractivity contribution in [3.8, 4) is 0 Å². The lowest BCUT2D eigenvalue weighted by Crippen LogP contribution is -2.35. The van der Waals surface area contributed by atoms with Crippen LogP contribution in [0.1, 0.15) is 96.5 Å². The van der Waals surface area contributed by atoms with Gasteiger partial charge in [-0.2, -0.15) is 0 Å². The lowest BCUT2D eigenvalue weighted by Gasteiger charge is -2.30. The van der Waals surface area contributed by atoms with Crippen LogP contribution < -0.4 is 5.32 Å². The molecule has 1 aliphatic carbocycles. The summed E-state index contributed by atoms with van der Waals surface area (Å²) in [6.45, 7) is 11.8. The summed E-state index contributed by atoms with van der Waals surface area (Å²) in [5.74, 6) is 1.63. The Morgan fingerprint density at radius 1 is 1.06 bits per heavy atom. The van der Waals surface area contributed by atoms with Gasteiger partial charge in [-0.25, -0.2) is 0 Å². The first-order valence-electron chi connectivity index (χ1n) is 13.0. The first-order valence-corrected chi connectivity index (χ1v) is 13.0. The summed E-state index contributed by atoms with van der Waals surface area (Å²) in [5.41, 5.74) is 1.64. The van der Waals surface area contributed by atoms with Crippen molar-refractivity contribution in [2.75, 3.05) is 26.2 Å². The maximum absolute atomic E-state index is 13.1. The third-order valence-corrected chi connectivity index (χ3v) is 7.50. The van der Waals surface area contributed by atoms with Crippen molar-refractivity contribution in [3.05, 3.63) is 35.9 Å². The molecule has 1 aromatic rings. The highest BCUT2D eigenvalue weighted by Gasteiger charge is 2.31. The van der Waals surface area contributed by atoms with E-state index in [4.69, 9.17) is 0 Å².